The van der Waals surface area contributed by atoms with E-state index in [9.17, 15) is 14.7 Å². The van der Waals surface area contributed by atoms with Crippen molar-refractivity contribution in [1.82, 2.24) is 0 Å². The molecular weight excluding hydrogens is 278 g/mol. The van der Waals surface area contributed by atoms with Gasteiger partial charge in [0.15, 0.2) is 0 Å². The van der Waals surface area contributed by atoms with Gasteiger partial charge >= 0.3 is 5.97 Å². The molecule has 0 bridgehead atoms. The third kappa shape index (κ3) is 2.31. The van der Waals surface area contributed by atoms with Gasteiger partial charge < -0.3 is 10.0 Å². The van der Waals surface area contributed by atoms with Gasteiger partial charge in [0.25, 0.3) is 0 Å². The Kier molecular flexibility index (Phi) is 3.94. The summed E-state index contributed by atoms with van der Waals surface area (Å²) in [5.74, 6) is -1.27. The van der Waals surface area contributed by atoms with Crippen molar-refractivity contribution in [3.63, 3.8) is 0 Å². The Hall–Kier alpha value is -1.84. The van der Waals surface area contributed by atoms with E-state index in [2.05, 4.69) is 0 Å². The van der Waals surface area contributed by atoms with E-state index in [0.717, 1.165) is 49.8 Å². The van der Waals surface area contributed by atoms with Gasteiger partial charge in [-0.1, -0.05) is 37.5 Å². The average molecular weight is 301 g/mol. The highest BCUT2D eigenvalue weighted by atomic mass is 16.4. The summed E-state index contributed by atoms with van der Waals surface area (Å²) >= 11 is 0. The van der Waals surface area contributed by atoms with Crippen molar-refractivity contribution in [2.24, 2.45) is 11.3 Å². The number of fused-ring (bicyclic) bond motifs is 1. The minimum Gasteiger partial charge on any atom is -0.480 e. The minimum absolute atomic E-state index is 0.0565. The van der Waals surface area contributed by atoms with Crippen molar-refractivity contribution in [2.45, 2.75) is 45.4 Å². The zero-order valence-electron chi connectivity index (χ0n) is 13.0. The maximum absolute atomic E-state index is 13.1. The average Bonchev–Trinajstić information content (AvgIpc) is 2.98. The van der Waals surface area contributed by atoms with Gasteiger partial charge in [-0.05, 0) is 43.7 Å². The summed E-state index contributed by atoms with van der Waals surface area (Å²) in [4.78, 5) is 26.8. The van der Waals surface area contributed by atoms with Crippen LogP contribution in [0.3, 0.4) is 0 Å². The largest absolute Gasteiger partial charge is 0.480 e. The second kappa shape index (κ2) is 5.75. The molecule has 2 aliphatic rings. The second-order valence-electron chi connectivity index (χ2n) is 6.68. The summed E-state index contributed by atoms with van der Waals surface area (Å²) in [5.41, 5.74) is 0.709. The van der Waals surface area contributed by atoms with Gasteiger partial charge in [0.1, 0.15) is 5.41 Å². The van der Waals surface area contributed by atoms with E-state index in [1.807, 2.05) is 24.3 Å². The molecule has 1 amide bonds. The van der Waals surface area contributed by atoms with Gasteiger partial charge in [-0.25, -0.2) is 0 Å². The standard InChI is InChI=1S/C18H23NO3/c1-18(17(21)22,14-8-3-2-4-9-14)16(20)19-12-11-13-7-5-6-10-15(13)19/h5-7,10,14H,2-4,8-9,11-12H2,1H3,(H,21,22). The van der Waals surface area contributed by atoms with Crippen LogP contribution in [-0.4, -0.2) is 23.5 Å². The highest BCUT2D eigenvalue weighted by molar-refractivity contribution is 6.10. The molecule has 22 heavy (non-hydrogen) atoms. The Morgan fingerprint density at radius 2 is 1.86 bits per heavy atom. The van der Waals surface area contributed by atoms with Gasteiger partial charge in [-0.15, -0.1) is 0 Å². The van der Waals surface area contributed by atoms with Gasteiger partial charge in [0, 0.05) is 12.2 Å². The van der Waals surface area contributed by atoms with Crippen LogP contribution in [-0.2, 0) is 16.0 Å². The van der Waals surface area contributed by atoms with Gasteiger partial charge in [-0.3, -0.25) is 9.59 Å². The number of anilines is 1. The molecule has 1 aromatic carbocycles. The molecule has 1 unspecified atom stereocenters. The van der Waals surface area contributed by atoms with Crippen molar-refractivity contribution in [1.29, 1.82) is 0 Å². The Bertz CT molecular complexity index is 592. The molecule has 1 aliphatic carbocycles. The Labute approximate surface area is 131 Å². The number of aliphatic carboxylic acids is 1. The number of amides is 1. The van der Waals surface area contributed by atoms with E-state index in [0.29, 0.717) is 6.54 Å². The number of carbonyl (C=O) groups excluding carboxylic acids is 1. The lowest BCUT2D eigenvalue weighted by molar-refractivity contribution is -0.158. The first-order valence-corrected chi connectivity index (χ1v) is 8.18. The van der Waals surface area contributed by atoms with E-state index in [1.165, 1.54) is 0 Å². The number of hydrogen-bond acceptors (Lipinski definition) is 2. The van der Waals surface area contributed by atoms with Crippen LogP contribution >= 0.6 is 0 Å². The van der Waals surface area contributed by atoms with Crippen LogP contribution in [0.5, 0.6) is 0 Å². The molecule has 1 heterocycles. The second-order valence-corrected chi connectivity index (χ2v) is 6.68. The van der Waals surface area contributed by atoms with E-state index >= 15 is 0 Å². The van der Waals surface area contributed by atoms with Crippen molar-refractivity contribution < 1.29 is 14.7 Å². The van der Waals surface area contributed by atoms with Gasteiger partial charge in [-0.2, -0.15) is 0 Å². The first-order chi connectivity index (χ1) is 10.5. The lowest BCUT2D eigenvalue weighted by Gasteiger charge is -2.37. The molecule has 1 fully saturated rings. The quantitative estimate of drug-likeness (QED) is 0.872. The minimum atomic E-state index is -1.31. The highest BCUT2D eigenvalue weighted by Crippen LogP contribution is 2.42. The summed E-state index contributed by atoms with van der Waals surface area (Å²) in [7, 11) is 0. The van der Waals surface area contributed by atoms with Crippen molar-refractivity contribution in [2.75, 3.05) is 11.4 Å². The zero-order chi connectivity index (χ0) is 15.7. The molecule has 118 valence electrons. The van der Waals surface area contributed by atoms with Crippen LogP contribution in [0.4, 0.5) is 5.69 Å². The Balaban J connectivity index is 1.92. The molecule has 4 heteroatoms. The molecular formula is C18H23NO3. The first kappa shape index (κ1) is 15.1. The van der Waals surface area contributed by atoms with Crippen LogP contribution in [0.1, 0.15) is 44.6 Å². The first-order valence-electron chi connectivity index (χ1n) is 8.18. The number of hydrogen-bond donors (Lipinski definition) is 1. The Morgan fingerprint density at radius 1 is 1.18 bits per heavy atom. The number of rotatable bonds is 3. The molecule has 3 rings (SSSR count). The summed E-state index contributed by atoms with van der Waals surface area (Å²) in [6, 6.07) is 7.80. The number of carboxylic acid groups (broad SMARTS) is 1. The SMILES string of the molecule is CC(C(=O)O)(C(=O)N1CCc2ccccc21)C1CCCCC1. The number of carboxylic acids is 1. The third-order valence-electron chi connectivity index (χ3n) is 5.44. The Morgan fingerprint density at radius 3 is 2.55 bits per heavy atom. The third-order valence-corrected chi connectivity index (χ3v) is 5.44. The number of para-hydroxylation sites is 1. The van der Waals surface area contributed by atoms with Crippen molar-refractivity contribution >= 4 is 17.6 Å². The van der Waals surface area contributed by atoms with Crippen LogP contribution in [0.25, 0.3) is 0 Å². The maximum atomic E-state index is 13.1. The van der Waals surface area contributed by atoms with E-state index in [-0.39, 0.29) is 11.8 Å². The lowest BCUT2D eigenvalue weighted by atomic mass is 9.69. The van der Waals surface area contributed by atoms with Crippen LogP contribution < -0.4 is 4.90 Å². The van der Waals surface area contributed by atoms with Crippen LogP contribution in [0.15, 0.2) is 24.3 Å². The summed E-state index contributed by atoms with van der Waals surface area (Å²) in [6.07, 6.45) is 5.68. The normalized spacial score (nSPS) is 21.2. The van der Waals surface area contributed by atoms with Crippen LogP contribution in [0.2, 0.25) is 0 Å². The monoisotopic (exact) mass is 301 g/mol. The topological polar surface area (TPSA) is 57.6 Å². The molecule has 1 N–H and O–H groups in total. The molecule has 1 aliphatic heterocycles. The molecule has 1 atom stereocenters. The zero-order valence-corrected chi connectivity index (χ0v) is 13.0. The smallest absolute Gasteiger partial charge is 0.319 e. The molecule has 0 radical (unpaired) electrons. The highest BCUT2D eigenvalue weighted by Gasteiger charge is 2.51. The summed E-state index contributed by atoms with van der Waals surface area (Å²) in [6.45, 7) is 2.22. The van der Waals surface area contributed by atoms with Gasteiger partial charge in [0.2, 0.25) is 5.91 Å². The fourth-order valence-electron chi connectivity index (χ4n) is 3.95. The van der Waals surface area contributed by atoms with Crippen LogP contribution in [0, 0.1) is 11.3 Å². The molecule has 1 saturated carbocycles. The predicted octanol–water partition coefficient (Wildman–Crippen LogP) is 3.25. The number of benzene rings is 1. The summed E-state index contributed by atoms with van der Waals surface area (Å²) < 4.78 is 0. The molecule has 1 aromatic rings. The van der Waals surface area contributed by atoms with E-state index < -0.39 is 11.4 Å². The van der Waals surface area contributed by atoms with Crippen molar-refractivity contribution in [3.8, 4) is 0 Å². The predicted molar refractivity (Wildman–Crippen MR) is 84.8 cm³/mol. The van der Waals surface area contributed by atoms with Crippen molar-refractivity contribution in [3.05, 3.63) is 29.8 Å². The number of nitrogens with zero attached hydrogens (tertiary/aromatic N) is 1. The fourth-order valence-corrected chi connectivity index (χ4v) is 3.95. The molecule has 4 nitrogen and oxygen atoms in total. The van der Waals surface area contributed by atoms with E-state index in [4.69, 9.17) is 0 Å². The molecule has 0 aromatic heterocycles. The lowest BCUT2D eigenvalue weighted by Crippen LogP contribution is -2.51. The molecule has 0 saturated heterocycles. The fraction of sp³-hybridized carbons (Fsp3) is 0.556. The van der Waals surface area contributed by atoms with E-state index in [1.54, 1.807) is 11.8 Å². The molecule has 0 spiro atoms. The summed E-state index contributed by atoms with van der Waals surface area (Å²) in [5, 5.41) is 9.82. The maximum Gasteiger partial charge on any atom is 0.319 e. The van der Waals surface area contributed by atoms with Gasteiger partial charge in [0.05, 0.1) is 0 Å². The number of carbonyl (C=O) groups is 2.